The highest BCUT2D eigenvalue weighted by molar-refractivity contribution is 6.04. The van der Waals surface area contributed by atoms with Gasteiger partial charge in [-0.05, 0) is 136 Å². The van der Waals surface area contributed by atoms with Crippen LogP contribution in [0.4, 0.5) is 0 Å². The highest BCUT2D eigenvalue weighted by Gasteiger charge is 2.46. The molecule has 0 saturated carbocycles. The SMILES string of the molecule is c1ccc(C2=C(c3ccccc3)c3ccc(-c4ccc(-c5ccc6c(c5)-c5cc(-c7ccc8ccccc8c7)ccc5C6(c5ccccc5)c5ccccc5)cc4)cc3C2)cc1. The van der Waals surface area contributed by atoms with Crippen LogP contribution in [-0.4, -0.2) is 0 Å². The fourth-order valence-electron chi connectivity index (χ4n) is 10.5. The van der Waals surface area contributed by atoms with Crippen molar-refractivity contribution in [2.24, 2.45) is 0 Å². The van der Waals surface area contributed by atoms with E-state index in [1.165, 1.54) is 111 Å². The first-order valence-electron chi connectivity index (χ1n) is 21.7. The van der Waals surface area contributed by atoms with Gasteiger partial charge in [-0.25, -0.2) is 0 Å². The number of hydrogen-bond donors (Lipinski definition) is 0. The van der Waals surface area contributed by atoms with Crippen molar-refractivity contribution in [2.75, 3.05) is 0 Å². The monoisotopic (exact) mass is 786 g/mol. The van der Waals surface area contributed by atoms with Gasteiger partial charge in [-0.3, -0.25) is 0 Å². The molecule has 10 aromatic carbocycles. The van der Waals surface area contributed by atoms with Gasteiger partial charge in [-0.2, -0.15) is 0 Å². The minimum Gasteiger partial charge on any atom is -0.0622 e. The molecule has 0 unspecified atom stereocenters. The maximum atomic E-state index is 2.44. The van der Waals surface area contributed by atoms with E-state index in [-0.39, 0.29) is 0 Å². The summed E-state index contributed by atoms with van der Waals surface area (Å²) in [5, 5.41) is 2.51. The van der Waals surface area contributed by atoms with Crippen LogP contribution >= 0.6 is 0 Å². The largest absolute Gasteiger partial charge is 0.0713 e. The van der Waals surface area contributed by atoms with Crippen molar-refractivity contribution in [3.8, 4) is 44.5 Å². The molecule has 0 radical (unpaired) electrons. The molecule has 0 saturated heterocycles. The summed E-state index contributed by atoms with van der Waals surface area (Å²) >= 11 is 0. The molecule has 290 valence electrons. The van der Waals surface area contributed by atoms with Crippen LogP contribution in [0.25, 0.3) is 66.4 Å². The van der Waals surface area contributed by atoms with Gasteiger partial charge in [0.2, 0.25) is 0 Å². The summed E-state index contributed by atoms with van der Waals surface area (Å²) in [6.45, 7) is 0. The molecule has 62 heavy (non-hydrogen) atoms. The molecule has 0 atom stereocenters. The zero-order valence-electron chi connectivity index (χ0n) is 34.3. The van der Waals surface area contributed by atoms with Gasteiger partial charge in [0, 0.05) is 0 Å². The molecule has 0 heteroatoms. The summed E-state index contributed by atoms with van der Waals surface area (Å²) in [5.41, 5.74) is 22.7. The van der Waals surface area contributed by atoms with Gasteiger partial charge in [-0.1, -0.05) is 224 Å². The second kappa shape index (κ2) is 14.7. The number of rotatable bonds is 7. The Morgan fingerprint density at radius 2 is 0.710 bits per heavy atom. The van der Waals surface area contributed by atoms with Gasteiger partial charge in [0.15, 0.2) is 0 Å². The van der Waals surface area contributed by atoms with Gasteiger partial charge in [0.25, 0.3) is 0 Å². The fraction of sp³-hybridized carbons (Fsp3) is 0.0323. The Kier molecular flexibility index (Phi) is 8.57. The lowest BCUT2D eigenvalue weighted by atomic mass is 9.67. The average molecular weight is 787 g/mol. The third-order valence-electron chi connectivity index (χ3n) is 13.4. The van der Waals surface area contributed by atoms with Crippen molar-refractivity contribution in [2.45, 2.75) is 11.8 Å². The van der Waals surface area contributed by atoms with Crippen LogP contribution in [0.1, 0.15) is 44.5 Å². The van der Waals surface area contributed by atoms with Gasteiger partial charge in [0.1, 0.15) is 0 Å². The second-order valence-electron chi connectivity index (χ2n) is 16.8. The van der Waals surface area contributed by atoms with Crippen molar-refractivity contribution < 1.29 is 0 Å². The van der Waals surface area contributed by atoms with E-state index in [1.54, 1.807) is 0 Å². The normalized spacial score (nSPS) is 13.5. The van der Waals surface area contributed by atoms with Crippen molar-refractivity contribution in [3.63, 3.8) is 0 Å². The smallest absolute Gasteiger partial charge is 0.0622 e. The Labute approximate surface area is 363 Å². The molecule has 2 aliphatic rings. The fourth-order valence-corrected chi connectivity index (χ4v) is 10.5. The van der Waals surface area contributed by atoms with E-state index in [0.29, 0.717) is 0 Å². The lowest BCUT2D eigenvalue weighted by Gasteiger charge is -2.34. The summed E-state index contributed by atoms with van der Waals surface area (Å²) < 4.78 is 0. The minimum absolute atomic E-state index is 0.458. The van der Waals surface area contributed by atoms with Crippen LogP contribution in [0.5, 0.6) is 0 Å². The summed E-state index contributed by atoms with van der Waals surface area (Å²) in [6.07, 6.45) is 0.919. The quantitative estimate of drug-likeness (QED) is 0.151. The van der Waals surface area contributed by atoms with Crippen molar-refractivity contribution >= 4 is 21.9 Å². The van der Waals surface area contributed by atoms with E-state index in [1.807, 2.05) is 0 Å². The van der Waals surface area contributed by atoms with E-state index >= 15 is 0 Å². The molecule has 0 aliphatic heterocycles. The molecule has 0 aromatic heterocycles. The first-order valence-corrected chi connectivity index (χ1v) is 21.7. The maximum absolute atomic E-state index is 2.44. The predicted octanol–water partition coefficient (Wildman–Crippen LogP) is 15.7. The van der Waals surface area contributed by atoms with E-state index in [0.717, 1.165) is 6.42 Å². The number of benzene rings is 10. The zero-order valence-corrected chi connectivity index (χ0v) is 34.3. The molecule has 0 amide bonds. The highest BCUT2D eigenvalue weighted by atomic mass is 14.5. The third kappa shape index (κ3) is 5.83. The number of hydrogen-bond acceptors (Lipinski definition) is 0. The molecule has 0 N–H and O–H groups in total. The van der Waals surface area contributed by atoms with Crippen LogP contribution in [0.2, 0.25) is 0 Å². The Morgan fingerprint density at radius 3 is 1.31 bits per heavy atom. The van der Waals surface area contributed by atoms with Crippen molar-refractivity contribution in [3.05, 3.63) is 287 Å². The Bertz CT molecular complexity index is 3280. The molecule has 0 heterocycles. The van der Waals surface area contributed by atoms with Gasteiger partial charge < -0.3 is 0 Å². The second-order valence-corrected chi connectivity index (χ2v) is 16.8. The lowest BCUT2D eigenvalue weighted by Crippen LogP contribution is -2.28. The molecular weight excluding hydrogens is 745 g/mol. The summed E-state index contributed by atoms with van der Waals surface area (Å²) in [6, 6.07) is 90.0. The van der Waals surface area contributed by atoms with Crippen LogP contribution in [0, 0.1) is 0 Å². The predicted molar refractivity (Wildman–Crippen MR) is 260 cm³/mol. The maximum Gasteiger partial charge on any atom is 0.0713 e. The number of allylic oxidation sites excluding steroid dienone is 1. The van der Waals surface area contributed by atoms with Crippen molar-refractivity contribution in [1.29, 1.82) is 0 Å². The van der Waals surface area contributed by atoms with Crippen LogP contribution in [-0.2, 0) is 11.8 Å². The first kappa shape index (κ1) is 36.1. The summed E-state index contributed by atoms with van der Waals surface area (Å²) in [5.74, 6) is 0. The van der Waals surface area contributed by atoms with Crippen molar-refractivity contribution in [1.82, 2.24) is 0 Å². The van der Waals surface area contributed by atoms with Gasteiger partial charge in [-0.15, -0.1) is 0 Å². The Morgan fingerprint density at radius 1 is 0.274 bits per heavy atom. The molecule has 2 aliphatic carbocycles. The third-order valence-corrected chi connectivity index (χ3v) is 13.4. The molecule has 12 rings (SSSR count). The zero-order chi connectivity index (χ0) is 41.0. The number of fused-ring (bicyclic) bond motifs is 5. The molecule has 0 nitrogen and oxygen atoms in total. The lowest BCUT2D eigenvalue weighted by molar-refractivity contribution is 0.768. The van der Waals surface area contributed by atoms with E-state index in [4.69, 9.17) is 0 Å². The average Bonchev–Trinajstić information content (AvgIpc) is 3.88. The summed E-state index contributed by atoms with van der Waals surface area (Å²) in [4.78, 5) is 0. The Balaban J connectivity index is 0.951. The molecular formula is C62H42. The Hall–Kier alpha value is -7.80. The van der Waals surface area contributed by atoms with E-state index in [9.17, 15) is 0 Å². The topological polar surface area (TPSA) is 0 Å². The summed E-state index contributed by atoms with van der Waals surface area (Å²) in [7, 11) is 0. The molecule has 10 aromatic rings. The van der Waals surface area contributed by atoms with E-state index in [2.05, 4.69) is 243 Å². The minimum atomic E-state index is -0.458. The molecule has 0 spiro atoms. The van der Waals surface area contributed by atoms with Gasteiger partial charge in [0.05, 0.1) is 5.41 Å². The van der Waals surface area contributed by atoms with Crippen LogP contribution in [0.15, 0.2) is 243 Å². The van der Waals surface area contributed by atoms with Crippen LogP contribution < -0.4 is 0 Å². The first-order chi connectivity index (χ1) is 30.7. The molecule has 0 bridgehead atoms. The van der Waals surface area contributed by atoms with Crippen LogP contribution in [0.3, 0.4) is 0 Å². The van der Waals surface area contributed by atoms with Gasteiger partial charge >= 0.3 is 0 Å². The van der Waals surface area contributed by atoms with E-state index < -0.39 is 5.41 Å². The highest BCUT2D eigenvalue weighted by Crippen LogP contribution is 2.57. The molecule has 0 fully saturated rings. The standard InChI is InChI=1S/C62H42/c1-5-16-45(17-6-1)56-41-52-38-48(31-34-55(52)61(56)46-18-7-2-8-19-46)43-25-27-44(28-26-43)50-32-35-59-57(39-50)58-40-51(49-30-29-42-15-13-14-20-47(42)37-49)33-36-60(58)62(59,53-21-9-3-10-22-53)54-23-11-4-12-24-54/h1-40H,41H2.